The Bertz CT molecular complexity index is 3090. The van der Waals surface area contributed by atoms with Gasteiger partial charge in [-0.3, -0.25) is 0 Å². The van der Waals surface area contributed by atoms with Crippen molar-refractivity contribution >= 4 is 9.46 Å². The number of benzene rings is 2. The van der Waals surface area contributed by atoms with Crippen molar-refractivity contribution in [3.8, 4) is 0 Å². The van der Waals surface area contributed by atoms with E-state index in [2.05, 4.69) is 532 Å². The molecule has 680 valence electrons. The van der Waals surface area contributed by atoms with E-state index in [0.29, 0.717) is 0 Å². The summed E-state index contributed by atoms with van der Waals surface area (Å²) >= 11 is 9.19. The van der Waals surface area contributed by atoms with Gasteiger partial charge in [0.05, 0.1) is 0 Å². The normalized spacial score (nSPS) is 12.6. The first kappa shape index (κ1) is 156. The first-order valence-electron chi connectivity index (χ1n) is 41.0. The van der Waals surface area contributed by atoms with E-state index in [4.69, 9.17) is 39.5 Å². The molecule has 0 bridgehead atoms. The fourth-order valence-electron chi connectivity index (χ4n) is 7.42. The Kier molecular flexibility index (Phi) is 85.6. The Balaban J connectivity index is -0.0000000785. The molecule has 0 nitrogen and oxygen atoms in total. The van der Waals surface area contributed by atoms with Crippen LogP contribution in [0.3, 0.4) is 0 Å². The molecule has 120 heavy (non-hydrogen) atoms. The van der Waals surface area contributed by atoms with Gasteiger partial charge in [-0.25, -0.2) is 0 Å². The van der Waals surface area contributed by atoms with Crippen molar-refractivity contribution in [2.45, 2.75) is 396 Å². The quantitative estimate of drug-likeness (QED) is 0.200. The monoisotopic (exact) mass is 2810 g/mol. The Morgan fingerprint density at radius 1 is 0.267 bits per heavy atom. The van der Waals surface area contributed by atoms with Gasteiger partial charge in [0.2, 0.25) is 0 Å². The van der Waals surface area contributed by atoms with Gasteiger partial charge in [0.25, 0.3) is 0 Å². The van der Waals surface area contributed by atoms with Gasteiger partial charge in [-0.1, -0.05) is 381 Å². The molecular formula is C110H182V4W6-2. The maximum absolute atomic E-state index is 5.94. The van der Waals surface area contributed by atoms with Crippen molar-refractivity contribution in [1.82, 2.24) is 0 Å². The van der Waals surface area contributed by atoms with Crippen LogP contribution in [0.4, 0.5) is 0 Å². The second-order valence-electron chi connectivity index (χ2n) is 48.2. The van der Waals surface area contributed by atoms with Gasteiger partial charge < -0.3 is 146 Å². The molecule has 0 fully saturated rings. The number of hydrogen-bond acceptors (Lipinski definition) is 0. The Morgan fingerprint density at radius 2 is 0.467 bits per heavy atom. The summed E-state index contributed by atoms with van der Waals surface area (Å²) in [6, 6.07) is 17.7. The van der Waals surface area contributed by atoms with Gasteiger partial charge in [-0.05, 0) is 43.9 Å². The van der Waals surface area contributed by atoms with E-state index in [1.807, 2.05) is 24.3 Å². The van der Waals surface area contributed by atoms with Crippen molar-refractivity contribution < 1.29 is 190 Å². The molecule has 2 aromatic rings. The smallest absolute Gasteiger partial charge is 2.00 e. The van der Waals surface area contributed by atoms with E-state index in [9.17, 15) is 0 Å². The molecule has 0 aromatic heterocycles. The van der Waals surface area contributed by atoms with Crippen LogP contribution in [-0.2, 0) is 211 Å². The zero-order valence-corrected chi connectivity index (χ0v) is 111. The largest absolute Gasteiger partial charge is 2.00 e. The van der Waals surface area contributed by atoms with Crippen LogP contribution in [-0.4, -0.2) is 9.46 Å². The fraction of sp³-hybridized carbons (Fsp3) is 0.655. The molecule has 0 heterocycles. The van der Waals surface area contributed by atoms with Gasteiger partial charge in [-0.2, -0.15) is 0 Å². The molecule has 2 rings (SSSR count). The molecule has 0 aliphatic heterocycles. The Hall–Kier alpha value is 1.53. The molecule has 0 unspecified atom stereocenters. The third kappa shape index (κ3) is 103. The van der Waals surface area contributed by atoms with Gasteiger partial charge in [0.15, 0.2) is 0 Å². The van der Waals surface area contributed by atoms with E-state index < -0.39 is 0 Å². The summed E-state index contributed by atoms with van der Waals surface area (Å²) in [7, 11) is 0. The average Bonchev–Trinajstić information content (AvgIpc) is 0.804. The Morgan fingerprint density at radius 3 is 0.583 bits per heavy atom. The summed E-state index contributed by atoms with van der Waals surface area (Å²) < 4.78 is 6.08. The number of allylic oxidation sites excluding steroid dienone is 18. The third-order valence-corrected chi connectivity index (χ3v) is 16.9. The van der Waals surface area contributed by atoms with Crippen molar-refractivity contribution in [3.63, 3.8) is 0 Å². The second-order valence-corrected chi connectivity index (χ2v) is 48.9. The number of rotatable bonds is 6. The van der Waals surface area contributed by atoms with Crippen LogP contribution >= 0.6 is 0 Å². The summed E-state index contributed by atoms with van der Waals surface area (Å²) in [5.74, 6) is 0. The summed E-state index contributed by atoms with van der Waals surface area (Å²) in [4.78, 5) is 0. The fourth-order valence-corrected chi connectivity index (χ4v) is 7.42. The molecule has 0 radical (unpaired) electrons. The minimum absolute atomic E-state index is 0. The summed E-state index contributed by atoms with van der Waals surface area (Å²) in [5, 5.41) is 0. The molecule has 0 saturated heterocycles. The van der Waals surface area contributed by atoms with Gasteiger partial charge >= 0.3 is 251 Å². The summed E-state index contributed by atoms with van der Waals surface area (Å²) in [6.45, 7) is 151. The van der Waals surface area contributed by atoms with Crippen LogP contribution in [0.25, 0.3) is 0 Å². The topological polar surface area (TPSA) is 0 Å². The van der Waals surface area contributed by atoms with Crippen molar-refractivity contribution in [2.24, 2.45) is 75.8 Å². The zero-order valence-electron chi connectivity index (χ0n) is 87.8. The van der Waals surface area contributed by atoms with Crippen molar-refractivity contribution in [3.05, 3.63) is 217 Å². The first-order valence-corrected chi connectivity index (χ1v) is 45.6. The SMILES string of the molecule is CC(C)(C)[C-]=CC=[C-]C(C)(C)C.CC(C)(C)[C-]=[V].CC(C)(C)[C-]=[V].CC(C)(C)c1cccc(C(C)(C)C)c1.CC(C)(C)c1ccccc1C(C)(C)C.[CH-]=C(C(=[CH-])C(C)(C)C)C(C)(C)C.[CH-]=C(C=[C-]C(C)(C)C)C(C)(C)C.[CH-]=C(C=[C-]C(C)(C)C)C(C)(C)C.[CH-]=CC(=[C-]C(C)(C)C)C(C)(C)C.[CH-]=CC(=[C-]C(C)(C)C)C(C)(C)C.[V]=[V].[W+2].[W+2].[W+2].[W+2].[W+2].[W+2]. The first-order chi connectivity index (χ1) is 49.4. The summed E-state index contributed by atoms with van der Waals surface area (Å²) in [6.07, 6.45) is 30.8. The second kappa shape index (κ2) is 66.0. The van der Waals surface area contributed by atoms with Crippen LogP contribution in [0.5, 0.6) is 0 Å². The van der Waals surface area contributed by atoms with Gasteiger partial charge in [0, 0.05) is 0 Å². The van der Waals surface area contributed by atoms with Crippen molar-refractivity contribution in [1.29, 1.82) is 0 Å². The average molecular weight is 2810 g/mol. The van der Waals surface area contributed by atoms with E-state index in [0.717, 1.165) is 33.4 Å². The van der Waals surface area contributed by atoms with Crippen LogP contribution in [0.1, 0.15) is 396 Å². The molecule has 10 heteroatoms. The van der Waals surface area contributed by atoms with Gasteiger partial charge in [0.1, 0.15) is 0 Å². The van der Waals surface area contributed by atoms with Crippen molar-refractivity contribution in [2.75, 3.05) is 0 Å². The number of hydrogen-bond donors (Lipinski definition) is 0. The molecule has 0 amide bonds. The molecule has 0 aliphatic rings. The van der Waals surface area contributed by atoms with E-state index >= 15 is 0 Å². The molecule has 0 aliphatic carbocycles. The summed E-state index contributed by atoms with van der Waals surface area (Å²) in [5.41, 5.74) is 13.7. The molecule has 0 N–H and O–H groups in total. The minimum atomic E-state index is -0.0304. The maximum Gasteiger partial charge on any atom is 2.00 e. The van der Waals surface area contributed by atoms with E-state index in [-0.39, 0.29) is 224 Å². The minimum Gasteiger partial charge on any atom is 2.00 e. The predicted octanol–water partition coefficient (Wildman–Crippen LogP) is 33.8. The molecule has 0 saturated carbocycles. The standard InChI is InChI=1S/2C14H22.6C12H20.2C5H9.4V.6W/c1-13(2,3)11-8-7-9-12(10-11)14(4,5)6;1-13(2,3)11-9-7-8-10-12(11)14(4,5)6;2*1-10(12(5,6)7)8-9-11(2,3)4;1-9(11(3,4)5)10(2)12(6,7)8;1-11(2,3)9-7-8-10-12(4,5)6;2*1-8-10(12(5,6)7)9-11(2,3)4;2*1-5(2,3)4;;;;;;;;;;/h2*7-10H,1-6H3;2*1,8H,2-7H3;1-2H,3-8H3;7-8H,1-6H3;2*1,8H,2-7H3;2*1-3H3;;;;;;;;;;/q;;6*-2;2*-1;;;;;6*+2. The Labute approximate surface area is 876 Å². The van der Waals surface area contributed by atoms with Crippen LogP contribution < -0.4 is 0 Å². The van der Waals surface area contributed by atoms with Crippen LogP contribution in [0.2, 0.25) is 0 Å². The maximum atomic E-state index is 5.94. The van der Waals surface area contributed by atoms with Gasteiger partial charge in [-0.15, -0.1) is 65.0 Å². The molecule has 0 atom stereocenters. The van der Waals surface area contributed by atoms with Crippen LogP contribution in [0.15, 0.2) is 118 Å². The van der Waals surface area contributed by atoms with E-state index in [1.165, 1.54) is 22.3 Å². The molecular weight excluding hydrogens is 2630 g/mol. The van der Waals surface area contributed by atoms with E-state index in [1.54, 1.807) is 12.2 Å². The molecule has 2 aromatic carbocycles. The molecule has 0 spiro atoms. The predicted molar refractivity (Wildman–Crippen MR) is 504 cm³/mol. The zero-order chi connectivity index (χ0) is 94.3. The third-order valence-electron chi connectivity index (χ3n) is 14.9. The van der Waals surface area contributed by atoms with Crippen LogP contribution in [0, 0.1) is 152 Å².